The maximum absolute atomic E-state index is 12.5. The minimum absolute atomic E-state index is 0. The summed E-state index contributed by atoms with van der Waals surface area (Å²) in [4.78, 5) is 26.4. The number of nitrogens with zero attached hydrogens (tertiary/aromatic N) is 1. The van der Waals surface area contributed by atoms with E-state index in [0.717, 1.165) is 12.0 Å². The maximum atomic E-state index is 12.5. The molecule has 0 saturated carbocycles. The molecule has 1 fully saturated rings. The van der Waals surface area contributed by atoms with E-state index in [9.17, 15) is 14.7 Å². The number of benzene rings is 1. The molecule has 2 aliphatic rings. The second kappa shape index (κ2) is 10.7. The van der Waals surface area contributed by atoms with Crippen LogP contribution in [0.4, 0.5) is 0 Å². The molecular formula is C20H30ClN3O5. The van der Waals surface area contributed by atoms with Gasteiger partial charge in [-0.3, -0.25) is 9.59 Å². The molecule has 2 atom stereocenters. The highest BCUT2D eigenvalue weighted by Gasteiger charge is 2.28. The number of halogens is 1. The summed E-state index contributed by atoms with van der Waals surface area (Å²) in [6.45, 7) is 2.14. The van der Waals surface area contributed by atoms with Crippen LogP contribution >= 0.6 is 12.4 Å². The second-order valence-corrected chi connectivity index (χ2v) is 7.29. The number of carbonyl (C=O) groups excluding carboxylic acids is 2. The summed E-state index contributed by atoms with van der Waals surface area (Å²) in [6.07, 6.45) is 1.75. The Kier molecular flexibility index (Phi) is 8.55. The zero-order valence-corrected chi connectivity index (χ0v) is 17.7. The lowest BCUT2D eigenvalue weighted by molar-refractivity contribution is -0.132. The summed E-state index contributed by atoms with van der Waals surface area (Å²) < 4.78 is 10.7. The molecule has 1 aromatic rings. The Morgan fingerprint density at radius 1 is 1.24 bits per heavy atom. The molecule has 0 aromatic heterocycles. The molecule has 2 unspecified atom stereocenters. The van der Waals surface area contributed by atoms with E-state index in [2.05, 4.69) is 10.6 Å². The van der Waals surface area contributed by atoms with E-state index >= 15 is 0 Å². The fraction of sp³-hybridized carbons (Fsp3) is 0.600. The highest BCUT2D eigenvalue weighted by atomic mass is 35.5. The highest BCUT2D eigenvalue weighted by molar-refractivity contribution is 5.85. The van der Waals surface area contributed by atoms with Crippen LogP contribution in [0.5, 0.6) is 11.5 Å². The van der Waals surface area contributed by atoms with Crippen molar-refractivity contribution in [1.29, 1.82) is 0 Å². The SMILES string of the molecule is COc1cc2c(cc1OC)CN(C(=O)CCCNC(=O)C1CC(O)CN1)CC2.Cl. The van der Waals surface area contributed by atoms with Gasteiger partial charge >= 0.3 is 0 Å². The van der Waals surface area contributed by atoms with Crippen LogP contribution in [0.25, 0.3) is 0 Å². The molecule has 0 bridgehead atoms. The molecule has 2 aliphatic heterocycles. The van der Waals surface area contributed by atoms with Gasteiger partial charge in [0.15, 0.2) is 11.5 Å². The number of hydrogen-bond acceptors (Lipinski definition) is 6. The number of aliphatic hydroxyl groups is 1. The summed E-state index contributed by atoms with van der Waals surface area (Å²) in [5.74, 6) is 1.35. The van der Waals surface area contributed by atoms with Gasteiger partial charge in [0.25, 0.3) is 0 Å². The van der Waals surface area contributed by atoms with Crippen LogP contribution in [0.15, 0.2) is 12.1 Å². The quantitative estimate of drug-likeness (QED) is 0.552. The maximum Gasteiger partial charge on any atom is 0.237 e. The number of nitrogens with one attached hydrogen (secondary N) is 2. The summed E-state index contributed by atoms with van der Waals surface area (Å²) in [6, 6.07) is 3.59. The number of rotatable bonds is 7. The fourth-order valence-electron chi connectivity index (χ4n) is 3.75. The molecule has 2 amide bonds. The lowest BCUT2D eigenvalue weighted by Gasteiger charge is -2.29. The van der Waals surface area contributed by atoms with Gasteiger partial charge in [-0.2, -0.15) is 0 Å². The first-order valence-corrected chi connectivity index (χ1v) is 9.72. The van der Waals surface area contributed by atoms with Crippen molar-refractivity contribution in [1.82, 2.24) is 15.5 Å². The number of fused-ring (bicyclic) bond motifs is 1. The topological polar surface area (TPSA) is 100 Å². The molecule has 0 radical (unpaired) electrons. The molecule has 0 aliphatic carbocycles. The first-order valence-electron chi connectivity index (χ1n) is 9.72. The van der Waals surface area contributed by atoms with Crippen LogP contribution in [0, 0.1) is 0 Å². The molecule has 2 heterocycles. The molecule has 3 N–H and O–H groups in total. The first-order chi connectivity index (χ1) is 13.5. The van der Waals surface area contributed by atoms with E-state index < -0.39 is 6.10 Å². The van der Waals surface area contributed by atoms with E-state index in [1.807, 2.05) is 17.0 Å². The average Bonchev–Trinajstić information content (AvgIpc) is 3.15. The molecule has 3 rings (SSSR count). The Morgan fingerprint density at radius 3 is 2.55 bits per heavy atom. The highest BCUT2D eigenvalue weighted by Crippen LogP contribution is 2.33. The van der Waals surface area contributed by atoms with Crippen molar-refractivity contribution in [3.8, 4) is 11.5 Å². The smallest absolute Gasteiger partial charge is 0.237 e. The lowest BCUT2D eigenvalue weighted by Crippen LogP contribution is -2.41. The van der Waals surface area contributed by atoms with E-state index in [0.29, 0.717) is 56.9 Å². The number of hydrogen-bond donors (Lipinski definition) is 3. The second-order valence-electron chi connectivity index (χ2n) is 7.29. The number of aliphatic hydroxyl groups excluding tert-OH is 1. The van der Waals surface area contributed by atoms with Crippen molar-refractivity contribution in [3.05, 3.63) is 23.3 Å². The number of ether oxygens (including phenoxy) is 2. The van der Waals surface area contributed by atoms with Gasteiger partial charge in [0.2, 0.25) is 11.8 Å². The van der Waals surface area contributed by atoms with Crippen LogP contribution in [-0.2, 0) is 22.6 Å². The summed E-state index contributed by atoms with van der Waals surface area (Å²) in [5, 5.41) is 15.3. The van der Waals surface area contributed by atoms with Gasteiger partial charge in [0.05, 0.1) is 26.4 Å². The molecular weight excluding hydrogens is 398 g/mol. The van der Waals surface area contributed by atoms with Gasteiger partial charge in [-0.25, -0.2) is 0 Å². The normalized spacial score (nSPS) is 20.4. The number of amides is 2. The van der Waals surface area contributed by atoms with Gasteiger partial charge in [0, 0.05) is 32.6 Å². The Labute approximate surface area is 177 Å². The van der Waals surface area contributed by atoms with Crippen molar-refractivity contribution in [2.75, 3.05) is 33.9 Å². The summed E-state index contributed by atoms with van der Waals surface area (Å²) in [7, 11) is 3.22. The third kappa shape index (κ3) is 5.74. The predicted molar refractivity (Wildman–Crippen MR) is 111 cm³/mol. The first kappa shape index (κ1) is 23.3. The molecule has 1 aromatic carbocycles. The van der Waals surface area contributed by atoms with Crippen molar-refractivity contribution in [3.63, 3.8) is 0 Å². The molecule has 1 saturated heterocycles. The van der Waals surface area contributed by atoms with Crippen molar-refractivity contribution in [2.45, 2.75) is 44.4 Å². The van der Waals surface area contributed by atoms with Crippen molar-refractivity contribution in [2.24, 2.45) is 0 Å². The van der Waals surface area contributed by atoms with E-state index in [1.54, 1.807) is 14.2 Å². The van der Waals surface area contributed by atoms with Gasteiger partial charge in [-0.05, 0) is 42.5 Å². The Balaban J connectivity index is 0.00000300. The summed E-state index contributed by atoms with van der Waals surface area (Å²) >= 11 is 0. The van der Waals surface area contributed by atoms with Crippen LogP contribution in [-0.4, -0.2) is 67.8 Å². The monoisotopic (exact) mass is 427 g/mol. The van der Waals surface area contributed by atoms with E-state index in [1.165, 1.54) is 5.56 Å². The van der Waals surface area contributed by atoms with Crippen molar-refractivity contribution >= 4 is 24.2 Å². The molecule has 162 valence electrons. The molecule has 0 spiro atoms. The van der Waals surface area contributed by atoms with E-state index in [-0.39, 0.29) is 30.3 Å². The Hall–Kier alpha value is -2.03. The zero-order chi connectivity index (χ0) is 20.1. The van der Waals surface area contributed by atoms with Crippen LogP contribution in [0.2, 0.25) is 0 Å². The molecule has 8 nitrogen and oxygen atoms in total. The Bertz CT molecular complexity index is 730. The van der Waals surface area contributed by atoms with Gasteiger partial charge in [0.1, 0.15) is 0 Å². The molecule has 9 heteroatoms. The standard InChI is InChI=1S/C20H29N3O5.ClH/c1-27-17-8-13-5-7-23(12-14(13)9-18(17)28-2)19(25)4-3-6-21-20(26)16-10-15(24)11-22-16;/h8-9,15-16,22,24H,3-7,10-12H2,1-2H3,(H,21,26);1H. The third-order valence-corrected chi connectivity index (χ3v) is 5.36. The number of methoxy groups -OCH3 is 2. The zero-order valence-electron chi connectivity index (χ0n) is 16.9. The van der Waals surface area contributed by atoms with E-state index in [4.69, 9.17) is 9.47 Å². The largest absolute Gasteiger partial charge is 0.493 e. The third-order valence-electron chi connectivity index (χ3n) is 5.36. The molecule has 29 heavy (non-hydrogen) atoms. The van der Waals surface area contributed by atoms with Crippen molar-refractivity contribution < 1.29 is 24.2 Å². The van der Waals surface area contributed by atoms with Crippen LogP contribution < -0.4 is 20.1 Å². The van der Waals surface area contributed by atoms with Gasteiger partial charge in [-0.15, -0.1) is 12.4 Å². The minimum atomic E-state index is -0.460. The summed E-state index contributed by atoms with van der Waals surface area (Å²) in [5.41, 5.74) is 2.26. The van der Waals surface area contributed by atoms with Gasteiger partial charge < -0.3 is 30.1 Å². The Morgan fingerprint density at radius 2 is 1.93 bits per heavy atom. The minimum Gasteiger partial charge on any atom is -0.493 e. The predicted octanol–water partition coefficient (Wildman–Crippen LogP) is 0.630. The number of β-amino-alcohol motifs (C(OH)–C–C–N with tert-alkyl or cyclic N) is 1. The average molecular weight is 428 g/mol. The van der Waals surface area contributed by atoms with Crippen LogP contribution in [0.1, 0.15) is 30.4 Å². The lowest BCUT2D eigenvalue weighted by atomic mass is 9.98. The van der Waals surface area contributed by atoms with Gasteiger partial charge in [-0.1, -0.05) is 0 Å². The van der Waals surface area contributed by atoms with Crippen LogP contribution in [0.3, 0.4) is 0 Å². The number of carbonyl (C=O) groups is 2. The fourth-order valence-corrected chi connectivity index (χ4v) is 3.75.